The van der Waals surface area contributed by atoms with E-state index in [0.29, 0.717) is 17.2 Å². The Kier molecular flexibility index (Phi) is 6.88. The first-order valence-corrected chi connectivity index (χ1v) is 14.5. The van der Waals surface area contributed by atoms with Crippen LogP contribution in [0.1, 0.15) is 55.6 Å². The quantitative estimate of drug-likeness (QED) is 0.444. The van der Waals surface area contributed by atoms with Crippen molar-refractivity contribution in [3.8, 4) is 5.75 Å². The molecule has 2 fully saturated rings. The predicted octanol–water partition coefficient (Wildman–Crippen LogP) is 6.50. The number of anilines is 1. The molecule has 4 atom stereocenters. The Balaban J connectivity index is 1.16. The summed E-state index contributed by atoms with van der Waals surface area (Å²) in [5, 5.41) is 0.677. The highest BCUT2D eigenvalue weighted by atomic mass is 32.2. The van der Waals surface area contributed by atoms with Crippen molar-refractivity contribution in [1.82, 2.24) is 4.90 Å². The third kappa shape index (κ3) is 4.64. The summed E-state index contributed by atoms with van der Waals surface area (Å²) in [6, 6.07) is 18.8. The zero-order valence-electron chi connectivity index (χ0n) is 20.3. The lowest BCUT2D eigenvalue weighted by Gasteiger charge is -2.39. The maximum atomic E-state index is 6.10. The van der Waals surface area contributed by atoms with Crippen LogP contribution < -0.4 is 9.64 Å². The van der Waals surface area contributed by atoms with Crippen LogP contribution in [0.4, 0.5) is 5.69 Å². The first-order valence-electron chi connectivity index (χ1n) is 13.4. The van der Waals surface area contributed by atoms with E-state index in [1.807, 2.05) is 0 Å². The fraction of sp³-hybridized carbons (Fsp3) is 0.533. The minimum Gasteiger partial charge on any atom is -0.492 e. The SMILES string of the molecule is C1=CC2SCCC3c4ccccc4N(Cc4ccc(OCCN5CCCCC5)cc4)C3C2CC1. The molecule has 3 nitrogen and oxygen atoms in total. The van der Waals surface area contributed by atoms with Gasteiger partial charge in [0.1, 0.15) is 12.4 Å². The van der Waals surface area contributed by atoms with Crippen molar-refractivity contribution in [2.75, 3.05) is 36.9 Å². The molecule has 0 amide bonds. The standard InChI is InChI=1S/C30H38N2OS/c1-6-17-31(18-7-1)19-20-33-24-14-12-23(13-15-24)22-32-28-10-4-2-8-25(28)26-16-21-34-29-11-5-3-9-27(29)30(26)32/h2,4-5,8,10-15,26-27,29-30H,1,3,6-7,9,16-22H2. The van der Waals surface area contributed by atoms with Crippen molar-refractivity contribution in [1.29, 1.82) is 0 Å². The summed E-state index contributed by atoms with van der Waals surface area (Å²) < 4.78 is 6.10. The maximum absolute atomic E-state index is 6.10. The fourth-order valence-corrected chi connectivity index (χ4v) is 8.16. The van der Waals surface area contributed by atoms with Gasteiger partial charge in [0.2, 0.25) is 0 Å². The summed E-state index contributed by atoms with van der Waals surface area (Å²) in [5.74, 6) is 3.69. The molecule has 4 unspecified atom stereocenters. The molecule has 0 N–H and O–H groups in total. The second-order valence-electron chi connectivity index (χ2n) is 10.5. The number of hydrogen-bond acceptors (Lipinski definition) is 4. The van der Waals surface area contributed by atoms with E-state index in [4.69, 9.17) is 4.74 Å². The van der Waals surface area contributed by atoms with Crippen LogP contribution in [-0.4, -0.2) is 48.2 Å². The molecule has 180 valence electrons. The van der Waals surface area contributed by atoms with E-state index in [0.717, 1.165) is 31.4 Å². The molecule has 1 aliphatic carbocycles. The zero-order chi connectivity index (χ0) is 22.7. The topological polar surface area (TPSA) is 15.7 Å². The molecule has 3 heterocycles. The monoisotopic (exact) mass is 474 g/mol. The van der Waals surface area contributed by atoms with Crippen LogP contribution in [0, 0.1) is 5.92 Å². The van der Waals surface area contributed by atoms with Gasteiger partial charge in [-0.3, -0.25) is 4.90 Å². The summed E-state index contributed by atoms with van der Waals surface area (Å²) in [6.45, 7) is 5.29. The Bertz CT molecular complexity index is 984. The molecule has 3 aliphatic heterocycles. The van der Waals surface area contributed by atoms with Gasteiger partial charge in [-0.1, -0.05) is 48.9 Å². The van der Waals surface area contributed by atoms with Gasteiger partial charge in [-0.05, 0) is 86.2 Å². The van der Waals surface area contributed by atoms with Gasteiger partial charge in [0.25, 0.3) is 0 Å². The minimum atomic E-state index is 0.614. The van der Waals surface area contributed by atoms with Crippen LogP contribution in [-0.2, 0) is 6.54 Å². The highest BCUT2D eigenvalue weighted by Crippen LogP contribution is 2.52. The average Bonchev–Trinajstić information content (AvgIpc) is 3.06. The Morgan fingerprint density at radius 2 is 1.79 bits per heavy atom. The van der Waals surface area contributed by atoms with Crippen molar-refractivity contribution in [2.24, 2.45) is 5.92 Å². The van der Waals surface area contributed by atoms with Crippen molar-refractivity contribution in [2.45, 2.75) is 62.3 Å². The predicted molar refractivity (Wildman–Crippen MR) is 144 cm³/mol. The Hall–Kier alpha value is -1.91. The van der Waals surface area contributed by atoms with Crippen LogP contribution in [0.3, 0.4) is 0 Å². The van der Waals surface area contributed by atoms with Gasteiger partial charge in [0, 0.05) is 36.0 Å². The van der Waals surface area contributed by atoms with Gasteiger partial charge < -0.3 is 9.64 Å². The second-order valence-corrected chi connectivity index (χ2v) is 11.8. The number of thioether (sulfide) groups is 1. The van der Waals surface area contributed by atoms with Crippen molar-refractivity contribution in [3.63, 3.8) is 0 Å². The molecule has 0 bridgehead atoms. The average molecular weight is 475 g/mol. The second kappa shape index (κ2) is 10.4. The molecule has 0 radical (unpaired) electrons. The number of hydrogen-bond donors (Lipinski definition) is 0. The number of piperidine rings is 1. The van der Waals surface area contributed by atoms with Gasteiger partial charge in [0.05, 0.1) is 0 Å². The summed E-state index contributed by atoms with van der Waals surface area (Å²) >= 11 is 2.19. The van der Waals surface area contributed by atoms with Gasteiger partial charge in [-0.25, -0.2) is 0 Å². The first-order chi connectivity index (χ1) is 16.9. The van der Waals surface area contributed by atoms with E-state index in [1.165, 1.54) is 68.6 Å². The van der Waals surface area contributed by atoms with Gasteiger partial charge in [-0.15, -0.1) is 0 Å². The summed E-state index contributed by atoms with van der Waals surface area (Å²) in [5.41, 5.74) is 4.44. The smallest absolute Gasteiger partial charge is 0.119 e. The van der Waals surface area contributed by atoms with E-state index in [9.17, 15) is 0 Å². The van der Waals surface area contributed by atoms with Crippen LogP contribution in [0.5, 0.6) is 5.75 Å². The van der Waals surface area contributed by atoms with Crippen LogP contribution >= 0.6 is 11.8 Å². The fourth-order valence-electron chi connectivity index (χ4n) is 6.74. The molecule has 2 saturated heterocycles. The number of allylic oxidation sites excluding steroid dienone is 1. The molecule has 2 aromatic carbocycles. The molecular weight excluding hydrogens is 436 g/mol. The lowest BCUT2D eigenvalue weighted by atomic mass is 9.79. The highest BCUT2D eigenvalue weighted by Gasteiger charge is 2.46. The number of fused-ring (bicyclic) bond motifs is 5. The van der Waals surface area contributed by atoms with Crippen molar-refractivity contribution < 1.29 is 4.74 Å². The number of benzene rings is 2. The number of likely N-dealkylation sites (tertiary alicyclic amines) is 1. The van der Waals surface area contributed by atoms with E-state index in [1.54, 1.807) is 5.56 Å². The molecule has 34 heavy (non-hydrogen) atoms. The number of ether oxygens (including phenoxy) is 1. The number of para-hydroxylation sites is 1. The van der Waals surface area contributed by atoms with Crippen LogP contribution in [0.25, 0.3) is 0 Å². The van der Waals surface area contributed by atoms with E-state index < -0.39 is 0 Å². The molecule has 2 aromatic rings. The molecule has 0 spiro atoms. The molecule has 4 aliphatic rings. The zero-order valence-corrected chi connectivity index (χ0v) is 21.1. The Labute approximate surface area is 209 Å². The summed E-state index contributed by atoms with van der Waals surface area (Å²) in [4.78, 5) is 5.30. The van der Waals surface area contributed by atoms with E-state index in [-0.39, 0.29) is 0 Å². The van der Waals surface area contributed by atoms with E-state index >= 15 is 0 Å². The van der Waals surface area contributed by atoms with Gasteiger partial charge in [-0.2, -0.15) is 11.8 Å². The molecule has 0 aromatic heterocycles. The third-order valence-electron chi connectivity index (χ3n) is 8.41. The normalized spacial score (nSPS) is 28.6. The van der Waals surface area contributed by atoms with Gasteiger partial charge in [0.15, 0.2) is 0 Å². The first kappa shape index (κ1) is 22.5. The summed E-state index contributed by atoms with van der Waals surface area (Å²) in [6.07, 6.45) is 12.9. The van der Waals surface area contributed by atoms with E-state index in [2.05, 4.69) is 82.2 Å². The molecule has 0 saturated carbocycles. The summed E-state index contributed by atoms with van der Waals surface area (Å²) in [7, 11) is 0. The maximum Gasteiger partial charge on any atom is 0.119 e. The van der Waals surface area contributed by atoms with Crippen molar-refractivity contribution in [3.05, 3.63) is 71.8 Å². The molecule has 4 heteroatoms. The number of nitrogens with zero attached hydrogens (tertiary/aromatic N) is 2. The Morgan fingerprint density at radius 1 is 0.941 bits per heavy atom. The lowest BCUT2D eigenvalue weighted by molar-refractivity contribution is 0.183. The minimum absolute atomic E-state index is 0.614. The van der Waals surface area contributed by atoms with Crippen LogP contribution in [0.2, 0.25) is 0 Å². The molecular formula is C30H38N2OS. The largest absolute Gasteiger partial charge is 0.492 e. The highest BCUT2D eigenvalue weighted by molar-refractivity contribution is 8.00. The third-order valence-corrected chi connectivity index (χ3v) is 9.77. The number of rotatable bonds is 6. The molecule has 6 rings (SSSR count). The van der Waals surface area contributed by atoms with Crippen molar-refractivity contribution >= 4 is 17.4 Å². The lowest BCUT2D eigenvalue weighted by Crippen LogP contribution is -2.43. The van der Waals surface area contributed by atoms with Gasteiger partial charge >= 0.3 is 0 Å². The van der Waals surface area contributed by atoms with Crippen LogP contribution in [0.15, 0.2) is 60.7 Å². The Morgan fingerprint density at radius 3 is 2.68 bits per heavy atom.